The Morgan fingerprint density at radius 2 is 2.04 bits per heavy atom. The fourth-order valence-electron chi connectivity index (χ4n) is 3.23. The van der Waals surface area contributed by atoms with Crippen LogP contribution in [0, 0.1) is 6.92 Å². The summed E-state index contributed by atoms with van der Waals surface area (Å²) >= 11 is 0. The number of hydrogen-bond acceptors (Lipinski definition) is 6. The van der Waals surface area contributed by atoms with Crippen LogP contribution in [-0.2, 0) is 25.9 Å². The van der Waals surface area contributed by atoms with Gasteiger partial charge >= 0.3 is 0 Å². The van der Waals surface area contributed by atoms with Crippen LogP contribution in [-0.4, -0.2) is 20.3 Å². The molecular formula is C18H20N4O2. The Labute approximate surface area is 140 Å². The van der Waals surface area contributed by atoms with Gasteiger partial charge in [0.2, 0.25) is 11.8 Å². The van der Waals surface area contributed by atoms with Gasteiger partial charge in [0.25, 0.3) is 0 Å². The van der Waals surface area contributed by atoms with Gasteiger partial charge in [-0.2, -0.15) is 0 Å². The van der Waals surface area contributed by atoms with E-state index in [0.29, 0.717) is 18.3 Å². The monoisotopic (exact) mass is 324 g/mol. The number of aryl methyl sites for hydroxylation is 2. The van der Waals surface area contributed by atoms with Crippen LogP contribution in [0.5, 0.6) is 0 Å². The largest absolute Gasteiger partial charge is 0.424 e. The van der Waals surface area contributed by atoms with Gasteiger partial charge in [-0.3, -0.25) is 4.90 Å². The molecule has 124 valence electrons. The van der Waals surface area contributed by atoms with Crippen molar-refractivity contribution in [2.24, 2.45) is 0 Å². The van der Waals surface area contributed by atoms with E-state index in [0.717, 1.165) is 30.8 Å². The molecule has 1 unspecified atom stereocenters. The third kappa shape index (κ3) is 2.85. The van der Waals surface area contributed by atoms with Gasteiger partial charge in [0.15, 0.2) is 0 Å². The van der Waals surface area contributed by atoms with Gasteiger partial charge in [0.05, 0.1) is 11.7 Å². The van der Waals surface area contributed by atoms with Crippen molar-refractivity contribution in [3.05, 3.63) is 64.7 Å². The molecule has 1 atom stereocenters. The molecule has 1 aliphatic rings. The molecule has 2 aromatic heterocycles. The first-order valence-corrected chi connectivity index (χ1v) is 8.28. The molecule has 1 aromatic carbocycles. The fraction of sp³-hybridized carbons (Fsp3) is 0.389. The molecule has 0 amide bonds. The van der Waals surface area contributed by atoms with E-state index < -0.39 is 0 Å². The number of rotatable bonds is 4. The van der Waals surface area contributed by atoms with Crippen molar-refractivity contribution < 1.29 is 8.94 Å². The maximum Gasteiger partial charge on any atom is 0.233 e. The summed E-state index contributed by atoms with van der Waals surface area (Å²) in [6, 6.07) is 10.6. The van der Waals surface area contributed by atoms with Crippen LogP contribution in [0.25, 0.3) is 0 Å². The normalized spacial score (nSPS) is 17.8. The van der Waals surface area contributed by atoms with Gasteiger partial charge in [-0.15, -0.1) is 10.2 Å². The van der Waals surface area contributed by atoms with E-state index in [-0.39, 0.29) is 6.04 Å². The standard InChI is InChI=1S/C18H20N4O2/c1-3-17-19-20-18(23-17)16-9-13-6-4-5-7-14(13)10-22(16)11-15-8-12(2)24-21-15/h4-8,16H,3,9-11H2,1-2H3. The zero-order valence-corrected chi connectivity index (χ0v) is 13.9. The topological polar surface area (TPSA) is 68.2 Å². The molecular weight excluding hydrogens is 304 g/mol. The summed E-state index contributed by atoms with van der Waals surface area (Å²) in [6.07, 6.45) is 1.61. The lowest BCUT2D eigenvalue weighted by Gasteiger charge is -2.34. The summed E-state index contributed by atoms with van der Waals surface area (Å²) in [5.74, 6) is 2.19. The minimum Gasteiger partial charge on any atom is -0.424 e. The van der Waals surface area contributed by atoms with Gasteiger partial charge in [0.1, 0.15) is 5.76 Å². The molecule has 0 saturated carbocycles. The lowest BCUT2D eigenvalue weighted by molar-refractivity contribution is 0.133. The maximum absolute atomic E-state index is 5.85. The SMILES string of the molecule is CCc1nnc(C2Cc3ccccc3CN2Cc2cc(C)on2)o1. The molecule has 3 aromatic rings. The lowest BCUT2D eigenvalue weighted by Crippen LogP contribution is -2.34. The molecule has 0 radical (unpaired) electrons. The molecule has 0 aliphatic carbocycles. The third-order valence-corrected chi connectivity index (χ3v) is 4.46. The van der Waals surface area contributed by atoms with Crippen molar-refractivity contribution in [1.29, 1.82) is 0 Å². The van der Waals surface area contributed by atoms with Gasteiger partial charge in [-0.1, -0.05) is 36.3 Å². The first-order valence-electron chi connectivity index (χ1n) is 8.28. The Balaban J connectivity index is 1.67. The molecule has 0 bridgehead atoms. The van der Waals surface area contributed by atoms with Gasteiger partial charge in [0, 0.05) is 25.6 Å². The van der Waals surface area contributed by atoms with Crippen LogP contribution in [0.2, 0.25) is 0 Å². The molecule has 0 spiro atoms. The average Bonchev–Trinajstić information content (AvgIpc) is 3.23. The first kappa shape index (κ1) is 15.1. The fourth-order valence-corrected chi connectivity index (χ4v) is 3.23. The van der Waals surface area contributed by atoms with E-state index in [2.05, 4.69) is 44.5 Å². The van der Waals surface area contributed by atoms with Crippen LogP contribution in [0.3, 0.4) is 0 Å². The van der Waals surface area contributed by atoms with Crippen LogP contribution >= 0.6 is 0 Å². The molecule has 0 N–H and O–H groups in total. The Bertz CT molecular complexity index is 839. The van der Waals surface area contributed by atoms with Crippen molar-refractivity contribution in [3.8, 4) is 0 Å². The van der Waals surface area contributed by atoms with Crippen LogP contribution in [0.1, 0.15) is 47.3 Å². The smallest absolute Gasteiger partial charge is 0.233 e. The highest BCUT2D eigenvalue weighted by atomic mass is 16.5. The molecule has 1 aliphatic heterocycles. The lowest BCUT2D eigenvalue weighted by atomic mass is 9.93. The van der Waals surface area contributed by atoms with E-state index in [4.69, 9.17) is 8.94 Å². The van der Waals surface area contributed by atoms with E-state index in [1.807, 2.05) is 19.9 Å². The zero-order valence-electron chi connectivity index (χ0n) is 13.9. The minimum atomic E-state index is 0.0599. The van der Waals surface area contributed by atoms with E-state index in [9.17, 15) is 0 Å². The Kier molecular flexibility index (Phi) is 3.90. The summed E-state index contributed by atoms with van der Waals surface area (Å²) in [7, 11) is 0. The quantitative estimate of drug-likeness (QED) is 0.734. The molecule has 24 heavy (non-hydrogen) atoms. The van der Waals surface area contributed by atoms with Crippen molar-refractivity contribution in [3.63, 3.8) is 0 Å². The minimum absolute atomic E-state index is 0.0599. The van der Waals surface area contributed by atoms with E-state index >= 15 is 0 Å². The summed E-state index contributed by atoms with van der Waals surface area (Å²) < 4.78 is 11.1. The molecule has 4 rings (SSSR count). The predicted octanol–water partition coefficient (Wildman–Crippen LogP) is 3.23. The number of hydrogen-bond donors (Lipinski definition) is 0. The van der Waals surface area contributed by atoms with Crippen molar-refractivity contribution >= 4 is 0 Å². The second kappa shape index (κ2) is 6.20. The summed E-state index contributed by atoms with van der Waals surface area (Å²) in [6.45, 7) is 5.45. The van der Waals surface area contributed by atoms with E-state index in [1.54, 1.807) is 0 Å². The molecule has 6 heteroatoms. The van der Waals surface area contributed by atoms with Crippen molar-refractivity contribution in [2.75, 3.05) is 0 Å². The summed E-state index contributed by atoms with van der Waals surface area (Å²) in [4.78, 5) is 2.33. The van der Waals surface area contributed by atoms with Crippen LogP contribution in [0.15, 0.2) is 39.3 Å². The highest BCUT2D eigenvalue weighted by molar-refractivity contribution is 5.31. The Morgan fingerprint density at radius 1 is 1.21 bits per heavy atom. The summed E-state index contributed by atoms with van der Waals surface area (Å²) in [5.41, 5.74) is 3.60. The highest BCUT2D eigenvalue weighted by Crippen LogP contribution is 2.33. The third-order valence-electron chi connectivity index (χ3n) is 4.46. The molecule has 0 fully saturated rings. The number of aromatic nitrogens is 3. The second-order valence-corrected chi connectivity index (χ2v) is 6.21. The number of nitrogens with zero attached hydrogens (tertiary/aromatic N) is 4. The first-order chi connectivity index (χ1) is 11.7. The number of benzene rings is 1. The van der Waals surface area contributed by atoms with Gasteiger partial charge in [-0.25, -0.2) is 0 Å². The number of fused-ring (bicyclic) bond motifs is 1. The van der Waals surface area contributed by atoms with Crippen LogP contribution in [0.4, 0.5) is 0 Å². The Morgan fingerprint density at radius 3 is 2.75 bits per heavy atom. The van der Waals surface area contributed by atoms with Crippen molar-refractivity contribution in [2.45, 2.75) is 45.8 Å². The molecule has 6 nitrogen and oxygen atoms in total. The van der Waals surface area contributed by atoms with Gasteiger partial charge < -0.3 is 8.94 Å². The van der Waals surface area contributed by atoms with Crippen LogP contribution < -0.4 is 0 Å². The Hall–Kier alpha value is -2.47. The average molecular weight is 324 g/mol. The molecule has 0 saturated heterocycles. The van der Waals surface area contributed by atoms with Gasteiger partial charge in [-0.05, 0) is 24.5 Å². The summed E-state index contributed by atoms with van der Waals surface area (Å²) in [5, 5.41) is 12.5. The highest BCUT2D eigenvalue weighted by Gasteiger charge is 2.31. The zero-order chi connectivity index (χ0) is 16.5. The van der Waals surface area contributed by atoms with E-state index in [1.165, 1.54) is 11.1 Å². The maximum atomic E-state index is 5.85. The second-order valence-electron chi connectivity index (χ2n) is 6.21. The van der Waals surface area contributed by atoms with Crippen molar-refractivity contribution in [1.82, 2.24) is 20.3 Å². The predicted molar refractivity (Wildman–Crippen MR) is 87.1 cm³/mol. The molecule has 3 heterocycles.